The molecule has 0 aliphatic heterocycles. The van der Waals surface area contributed by atoms with Crippen LogP contribution in [0.4, 0.5) is 0 Å². The molecule has 2 N–H and O–H groups in total. The first-order chi connectivity index (χ1) is 9.65. The van der Waals surface area contributed by atoms with Crippen LogP contribution < -0.4 is 14.8 Å². The van der Waals surface area contributed by atoms with Crippen LogP contribution in [0, 0.1) is 0 Å². The van der Waals surface area contributed by atoms with Crippen molar-refractivity contribution in [3.05, 3.63) is 24.3 Å². The number of hydrogen-bond acceptors (Lipinski definition) is 5. The van der Waals surface area contributed by atoms with Gasteiger partial charge in [0.25, 0.3) is 0 Å². The van der Waals surface area contributed by atoms with E-state index in [1.165, 1.54) is 0 Å². The third-order valence-electron chi connectivity index (χ3n) is 2.94. The van der Waals surface area contributed by atoms with Gasteiger partial charge in [0.2, 0.25) is 0 Å². The molecule has 20 heavy (non-hydrogen) atoms. The van der Waals surface area contributed by atoms with Crippen molar-refractivity contribution in [2.45, 2.75) is 25.5 Å². The summed E-state index contributed by atoms with van der Waals surface area (Å²) in [5, 5.41) is 13.2. The van der Waals surface area contributed by atoms with Gasteiger partial charge < -0.3 is 19.9 Å². The van der Waals surface area contributed by atoms with Crippen LogP contribution in [0.2, 0.25) is 0 Å². The van der Waals surface area contributed by atoms with E-state index in [0.29, 0.717) is 18.3 Å². The Morgan fingerprint density at radius 1 is 1.35 bits per heavy atom. The van der Waals surface area contributed by atoms with Crippen LogP contribution in [0.1, 0.15) is 13.3 Å². The van der Waals surface area contributed by atoms with E-state index in [4.69, 9.17) is 9.47 Å². The summed E-state index contributed by atoms with van der Waals surface area (Å²) in [6.45, 7) is 2.95. The van der Waals surface area contributed by atoms with Crippen molar-refractivity contribution in [2.24, 2.45) is 0 Å². The number of benzene rings is 1. The van der Waals surface area contributed by atoms with Gasteiger partial charge in [-0.2, -0.15) is 11.8 Å². The molecule has 0 spiro atoms. The number of nitrogens with one attached hydrogen (secondary N) is 1. The van der Waals surface area contributed by atoms with E-state index in [1.807, 2.05) is 30.0 Å². The van der Waals surface area contributed by atoms with Crippen molar-refractivity contribution >= 4 is 11.8 Å². The van der Waals surface area contributed by atoms with Crippen LogP contribution >= 0.6 is 11.8 Å². The quantitative estimate of drug-likeness (QED) is 0.693. The van der Waals surface area contributed by atoms with Gasteiger partial charge in [-0.3, -0.25) is 0 Å². The van der Waals surface area contributed by atoms with Gasteiger partial charge in [-0.25, -0.2) is 0 Å². The van der Waals surface area contributed by atoms with E-state index in [2.05, 4.69) is 18.5 Å². The lowest BCUT2D eigenvalue weighted by Gasteiger charge is -2.17. The zero-order chi connectivity index (χ0) is 14.8. The van der Waals surface area contributed by atoms with Gasteiger partial charge in [0.1, 0.15) is 24.2 Å². The number of hydrogen-bond donors (Lipinski definition) is 2. The standard InChI is InChI=1S/C15H25NO3S/c1-12(7-8-20-3)16-10-13(17)11-19-15-6-4-5-14(9-15)18-2/h4-6,9,12-13,16-17H,7-8,10-11H2,1-3H3/t12-,13-/m0/s1. The number of rotatable bonds is 10. The van der Waals surface area contributed by atoms with Gasteiger partial charge in [0.05, 0.1) is 7.11 Å². The van der Waals surface area contributed by atoms with Crippen molar-refractivity contribution in [3.8, 4) is 11.5 Å². The van der Waals surface area contributed by atoms with Crippen molar-refractivity contribution in [2.75, 3.05) is 32.3 Å². The minimum Gasteiger partial charge on any atom is -0.497 e. The van der Waals surface area contributed by atoms with E-state index in [9.17, 15) is 5.11 Å². The van der Waals surface area contributed by atoms with Gasteiger partial charge in [0.15, 0.2) is 0 Å². The Kier molecular flexibility index (Phi) is 8.49. The lowest BCUT2D eigenvalue weighted by molar-refractivity contribution is 0.104. The molecule has 1 aromatic rings. The first kappa shape index (κ1) is 17.1. The van der Waals surface area contributed by atoms with E-state index in [0.717, 1.165) is 17.9 Å². The van der Waals surface area contributed by atoms with Crippen LogP contribution in [0.15, 0.2) is 24.3 Å². The normalized spacial score (nSPS) is 13.8. The number of ether oxygens (including phenoxy) is 2. The summed E-state index contributed by atoms with van der Waals surface area (Å²) in [5.41, 5.74) is 0. The fourth-order valence-corrected chi connectivity index (χ4v) is 2.27. The number of thioether (sulfide) groups is 1. The fraction of sp³-hybridized carbons (Fsp3) is 0.600. The van der Waals surface area contributed by atoms with Gasteiger partial charge in [-0.1, -0.05) is 6.07 Å². The van der Waals surface area contributed by atoms with Crippen LogP contribution in [0.3, 0.4) is 0 Å². The van der Waals surface area contributed by atoms with E-state index in [-0.39, 0.29) is 6.61 Å². The van der Waals surface area contributed by atoms with Crippen molar-refractivity contribution in [1.82, 2.24) is 5.32 Å². The summed E-state index contributed by atoms with van der Waals surface area (Å²) in [5.74, 6) is 2.59. The molecular formula is C15H25NO3S. The Morgan fingerprint density at radius 3 is 2.80 bits per heavy atom. The summed E-state index contributed by atoms with van der Waals surface area (Å²) in [4.78, 5) is 0. The smallest absolute Gasteiger partial charge is 0.123 e. The summed E-state index contributed by atoms with van der Waals surface area (Å²) in [6.07, 6.45) is 2.69. The molecule has 1 rings (SSSR count). The summed E-state index contributed by atoms with van der Waals surface area (Å²) < 4.78 is 10.7. The molecule has 0 aliphatic rings. The minimum absolute atomic E-state index is 0.273. The maximum atomic E-state index is 9.89. The molecule has 114 valence electrons. The Morgan fingerprint density at radius 2 is 2.10 bits per heavy atom. The van der Waals surface area contributed by atoms with E-state index >= 15 is 0 Å². The minimum atomic E-state index is -0.516. The summed E-state index contributed by atoms with van der Waals surface area (Å²) >= 11 is 1.84. The number of aliphatic hydroxyl groups is 1. The van der Waals surface area contributed by atoms with Crippen LogP contribution in [0.25, 0.3) is 0 Å². The molecule has 0 bridgehead atoms. The first-order valence-electron chi connectivity index (χ1n) is 6.83. The predicted molar refractivity (Wildman–Crippen MR) is 85.0 cm³/mol. The van der Waals surface area contributed by atoms with Gasteiger partial charge >= 0.3 is 0 Å². The van der Waals surface area contributed by atoms with Gasteiger partial charge in [-0.15, -0.1) is 0 Å². The topological polar surface area (TPSA) is 50.7 Å². The van der Waals surface area contributed by atoms with E-state index in [1.54, 1.807) is 13.2 Å². The highest BCUT2D eigenvalue weighted by atomic mass is 32.2. The largest absolute Gasteiger partial charge is 0.497 e. The molecule has 0 saturated carbocycles. The Bertz CT molecular complexity index is 376. The molecule has 0 aromatic heterocycles. The average molecular weight is 299 g/mol. The van der Waals surface area contributed by atoms with Gasteiger partial charge in [0, 0.05) is 18.7 Å². The van der Waals surface area contributed by atoms with Crippen LogP contribution in [-0.2, 0) is 0 Å². The molecule has 0 fully saturated rings. The zero-order valence-electron chi connectivity index (χ0n) is 12.5. The highest BCUT2D eigenvalue weighted by molar-refractivity contribution is 7.98. The average Bonchev–Trinajstić information content (AvgIpc) is 2.49. The van der Waals surface area contributed by atoms with Crippen molar-refractivity contribution < 1.29 is 14.6 Å². The second-order valence-electron chi connectivity index (χ2n) is 4.73. The molecule has 2 atom stereocenters. The highest BCUT2D eigenvalue weighted by Crippen LogP contribution is 2.18. The molecule has 0 radical (unpaired) electrons. The first-order valence-corrected chi connectivity index (χ1v) is 8.22. The molecule has 0 aliphatic carbocycles. The third-order valence-corrected chi connectivity index (χ3v) is 3.58. The molecule has 0 unspecified atom stereocenters. The fourth-order valence-electron chi connectivity index (χ4n) is 1.68. The molecule has 0 amide bonds. The molecule has 0 heterocycles. The highest BCUT2D eigenvalue weighted by Gasteiger charge is 2.08. The monoisotopic (exact) mass is 299 g/mol. The molecule has 0 saturated heterocycles. The number of methoxy groups -OCH3 is 1. The van der Waals surface area contributed by atoms with Crippen LogP contribution in [0.5, 0.6) is 11.5 Å². The summed E-state index contributed by atoms with van der Waals surface area (Å²) in [7, 11) is 1.62. The Hall–Kier alpha value is -0.910. The maximum Gasteiger partial charge on any atom is 0.123 e. The molecule has 5 heteroatoms. The lowest BCUT2D eigenvalue weighted by Crippen LogP contribution is -2.36. The molecule has 4 nitrogen and oxygen atoms in total. The van der Waals surface area contributed by atoms with Crippen LogP contribution in [-0.4, -0.2) is 49.5 Å². The second-order valence-corrected chi connectivity index (χ2v) is 5.72. The van der Waals surface area contributed by atoms with Crippen molar-refractivity contribution in [1.29, 1.82) is 0 Å². The van der Waals surface area contributed by atoms with Gasteiger partial charge in [-0.05, 0) is 37.5 Å². The third kappa shape index (κ3) is 7.03. The summed E-state index contributed by atoms with van der Waals surface area (Å²) in [6, 6.07) is 7.79. The second kappa shape index (κ2) is 9.91. The maximum absolute atomic E-state index is 9.89. The Balaban J connectivity index is 2.23. The van der Waals surface area contributed by atoms with E-state index < -0.39 is 6.10 Å². The SMILES string of the molecule is COc1cccc(OC[C@@H](O)CN[C@@H](C)CCSC)c1. The number of aliphatic hydroxyl groups excluding tert-OH is 1. The molecular weight excluding hydrogens is 274 g/mol. The zero-order valence-corrected chi connectivity index (χ0v) is 13.3. The predicted octanol–water partition coefficient (Wildman–Crippen LogP) is 2.17. The lowest BCUT2D eigenvalue weighted by atomic mass is 10.2. The van der Waals surface area contributed by atoms with Crippen molar-refractivity contribution in [3.63, 3.8) is 0 Å². The molecule has 1 aromatic carbocycles. The Labute approximate surface area is 125 Å².